The van der Waals surface area contributed by atoms with Gasteiger partial charge in [-0.15, -0.1) is 0 Å². The van der Waals surface area contributed by atoms with Crippen molar-refractivity contribution in [2.24, 2.45) is 5.73 Å². The summed E-state index contributed by atoms with van der Waals surface area (Å²) in [6.07, 6.45) is 0.149. The second-order valence-corrected chi connectivity index (χ2v) is 7.48. The maximum absolute atomic E-state index is 13.1. The highest BCUT2D eigenvalue weighted by atomic mass is 16.5. The molecule has 7 nitrogen and oxygen atoms in total. The Morgan fingerprint density at radius 1 is 0.939 bits per heavy atom. The van der Waals surface area contributed by atoms with Crippen molar-refractivity contribution in [2.45, 2.75) is 19.6 Å². The topological polar surface area (TPSA) is 93.9 Å². The minimum Gasteiger partial charge on any atom is -0.497 e. The van der Waals surface area contributed by atoms with Crippen LogP contribution in [0, 0.1) is 0 Å². The SMILES string of the molecule is COc1ccc(C(=O)N(CCCN)Cc2cccc(NC(=O)OCc3ccccc3)c2)cc1. The number of anilines is 1. The zero-order chi connectivity index (χ0) is 23.5. The first-order chi connectivity index (χ1) is 16.1. The van der Waals surface area contributed by atoms with E-state index in [2.05, 4.69) is 5.32 Å². The van der Waals surface area contributed by atoms with Crippen molar-refractivity contribution in [3.05, 3.63) is 95.6 Å². The molecular formula is C26H29N3O4. The number of nitrogens with one attached hydrogen (secondary N) is 1. The molecule has 0 aliphatic rings. The van der Waals surface area contributed by atoms with E-state index in [1.54, 1.807) is 42.3 Å². The van der Waals surface area contributed by atoms with Gasteiger partial charge in [0.05, 0.1) is 7.11 Å². The molecule has 0 saturated heterocycles. The van der Waals surface area contributed by atoms with Crippen molar-refractivity contribution in [1.82, 2.24) is 4.90 Å². The Bertz CT molecular complexity index is 1040. The fourth-order valence-electron chi connectivity index (χ4n) is 3.30. The summed E-state index contributed by atoms with van der Waals surface area (Å²) in [6, 6.07) is 23.9. The minimum absolute atomic E-state index is 0.0910. The predicted molar refractivity (Wildman–Crippen MR) is 128 cm³/mol. The molecule has 3 N–H and O–H groups in total. The molecular weight excluding hydrogens is 418 g/mol. The first kappa shape index (κ1) is 23.8. The van der Waals surface area contributed by atoms with E-state index in [-0.39, 0.29) is 12.5 Å². The van der Waals surface area contributed by atoms with Crippen molar-refractivity contribution in [3.8, 4) is 5.75 Å². The number of methoxy groups -OCH3 is 1. The fourth-order valence-corrected chi connectivity index (χ4v) is 3.30. The average molecular weight is 448 g/mol. The Balaban J connectivity index is 1.64. The first-order valence-electron chi connectivity index (χ1n) is 10.8. The number of benzene rings is 3. The number of hydrogen-bond donors (Lipinski definition) is 2. The van der Waals surface area contributed by atoms with Gasteiger partial charge < -0.3 is 20.1 Å². The molecule has 172 valence electrons. The summed E-state index contributed by atoms with van der Waals surface area (Å²) in [5, 5.41) is 2.74. The third-order valence-corrected chi connectivity index (χ3v) is 5.02. The molecule has 0 spiro atoms. The quantitative estimate of drug-likeness (QED) is 0.479. The lowest BCUT2D eigenvalue weighted by molar-refractivity contribution is 0.0742. The fraction of sp³-hybridized carbons (Fsp3) is 0.231. The molecule has 0 aromatic heterocycles. The normalized spacial score (nSPS) is 10.4. The highest BCUT2D eigenvalue weighted by molar-refractivity contribution is 5.94. The van der Waals surface area contributed by atoms with E-state index >= 15 is 0 Å². The van der Waals surface area contributed by atoms with Crippen LogP contribution in [0.5, 0.6) is 5.75 Å². The monoisotopic (exact) mass is 447 g/mol. The van der Waals surface area contributed by atoms with E-state index < -0.39 is 6.09 Å². The van der Waals surface area contributed by atoms with Gasteiger partial charge in [0.15, 0.2) is 0 Å². The Kier molecular flexibility index (Phi) is 8.85. The Hall–Kier alpha value is -3.84. The molecule has 0 atom stereocenters. The van der Waals surface area contributed by atoms with E-state index in [0.717, 1.165) is 11.1 Å². The summed E-state index contributed by atoms with van der Waals surface area (Å²) in [7, 11) is 1.59. The standard InChI is InChI=1S/C26H29N3O4/c1-32-24-13-11-22(12-14-24)25(30)29(16-6-15-27)18-21-9-5-10-23(17-21)28-26(31)33-19-20-7-3-2-4-8-20/h2-5,7-14,17H,6,15-16,18-19,27H2,1H3,(H,28,31). The van der Waals surface area contributed by atoms with Crippen LogP contribution in [0.2, 0.25) is 0 Å². The van der Waals surface area contributed by atoms with E-state index in [0.29, 0.717) is 43.1 Å². The number of hydrogen-bond acceptors (Lipinski definition) is 5. The van der Waals surface area contributed by atoms with Crippen LogP contribution in [0.4, 0.5) is 10.5 Å². The second-order valence-electron chi connectivity index (χ2n) is 7.48. The summed E-state index contributed by atoms with van der Waals surface area (Å²) in [5.41, 5.74) is 8.65. The van der Waals surface area contributed by atoms with E-state index in [9.17, 15) is 9.59 Å². The Morgan fingerprint density at radius 3 is 2.36 bits per heavy atom. The van der Waals surface area contributed by atoms with Crippen molar-refractivity contribution in [1.29, 1.82) is 0 Å². The maximum Gasteiger partial charge on any atom is 0.411 e. The van der Waals surface area contributed by atoms with E-state index in [1.165, 1.54) is 0 Å². The molecule has 7 heteroatoms. The Morgan fingerprint density at radius 2 is 1.67 bits per heavy atom. The highest BCUT2D eigenvalue weighted by Gasteiger charge is 2.16. The summed E-state index contributed by atoms with van der Waals surface area (Å²) in [4.78, 5) is 27.0. The Labute approximate surface area is 194 Å². The van der Waals surface area contributed by atoms with Crippen molar-refractivity contribution >= 4 is 17.7 Å². The molecule has 3 rings (SSSR count). The van der Waals surface area contributed by atoms with Crippen molar-refractivity contribution < 1.29 is 19.1 Å². The third-order valence-electron chi connectivity index (χ3n) is 5.02. The second kappa shape index (κ2) is 12.3. The molecule has 0 unspecified atom stereocenters. The number of rotatable bonds is 10. The number of ether oxygens (including phenoxy) is 2. The van der Waals surface area contributed by atoms with Gasteiger partial charge in [-0.05, 0) is 60.5 Å². The third kappa shape index (κ3) is 7.36. The molecule has 3 aromatic carbocycles. The van der Waals surface area contributed by atoms with Gasteiger partial charge in [0.1, 0.15) is 12.4 Å². The number of carbonyl (C=O) groups is 2. The number of nitrogens with two attached hydrogens (primary N) is 1. The van der Waals surface area contributed by atoms with Crippen LogP contribution in [0.15, 0.2) is 78.9 Å². The minimum atomic E-state index is -0.537. The summed E-state index contributed by atoms with van der Waals surface area (Å²) in [5.74, 6) is 0.602. The van der Waals surface area contributed by atoms with Crippen LogP contribution >= 0.6 is 0 Å². The van der Waals surface area contributed by atoms with Gasteiger partial charge in [0.2, 0.25) is 0 Å². The summed E-state index contributed by atoms with van der Waals surface area (Å²) < 4.78 is 10.5. The van der Waals surface area contributed by atoms with E-state index in [4.69, 9.17) is 15.2 Å². The lowest BCUT2D eigenvalue weighted by Crippen LogP contribution is -2.32. The molecule has 0 heterocycles. The summed E-state index contributed by atoms with van der Waals surface area (Å²) >= 11 is 0. The largest absolute Gasteiger partial charge is 0.497 e. The van der Waals surface area contributed by atoms with Crippen LogP contribution in [-0.4, -0.2) is 37.1 Å². The van der Waals surface area contributed by atoms with Crippen LogP contribution in [-0.2, 0) is 17.9 Å². The molecule has 0 saturated carbocycles. The van der Waals surface area contributed by atoms with Gasteiger partial charge in [-0.1, -0.05) is 42.5 Å². The van der Waals surface area contributed by atoms with Gasteiger partial charge in [0, 0.05) is 24.3 Å². The van der Waals surface area contributed by atoms with Crippen LogP contribution in [0.3, 0.4) is 0 Å². The smallest absolute Gasteiger partial charge is 0.411 e. The van der Waals surface area contributed by atoms with Crippen LogP contribution in [0.25, 0.3) is 0 Å². The lowest BCUT2D eigenvalue weighted by atomic mass is 10.1. The number of carbonyl (C=O) groups excluding carboxylic acids is 2. The molecule has 0 bridgehead atoms. The predicted octanol–water partition coefficient (Wildman–Crippen LogP) is 4.44. The van der Waals surface area contributed by atoms with Crippen LogP contribution in [0.1, 0.15) is 27.9 Å². The molecule has 0 radical (unpaired) electrons. The zero-order valence-corrected chi connectivity index (χ0v) is 18.7. The highest BCUT2D eigenvalue weighted by Crippen LogP contribution is 2.17. The molecule has 0 fully saturated rings. The number of nitrogens with zero attached hydrogens (tertiary/aromatic N) is 1. The number of amides is 2. The van der Waals surface area contributed by atoms with Gasteiger partial charge in [-0.25, -0.2) is 4.79 Å². The molecule has 0 aliphatic carbocycles. The maximum atomic E-state index is 13.1. The first-order valence-corrected chi connectivity index (χ1v) is 10.8. The average Bonchev–Trinajstić information content (AvgIpc) is 2.86. The van der Waals surface area contributed by atoms with Gasteiger partial charge >= 0.3 is 6.09 Å². The van der Waals surface area contributed by atoms with Gasteiger partial charge in [-0.3, -0.25) is 10.1 Å². The molecule has 33 heavy (non-hydrogen) atoms. The molecule has 2 amide bonds. The lowest BCUT2D eigenvalue weighted by Gasteiger charge is -2.23. The van der Waals surface area contributed by atoms with Gasteiger partial charge in [-0.2, -0.15) is 0 Å². The van der Waals surface area contributed by atoms with Crippen molar-refractivity contribution in [3.63, 3.8) is 0 Å². The van der Waals surface area contributed by atoms with E-state index in [1.807, 2.05) is 48.5 Å². The summed E-state index contributed by atoms with van der Waals surface area (Å²) in [6.45, 7) is 1.59. The molecule has 0 aliphatic heterocycles. The molecule has 3 aromatic rings. The van der Waals surface area contributed by atoms with Crippen LogP contribution < -0.4 is 15.8 Å². The van der Waals surface area contributed by atoms with Crippen molar-refractivity contribution in [2.75, 3.05) is 25.5 Å². The zero-order valence-electron chi connectivity index (χ0n) is 18.7. The van der Waals surface area contributed by atoms with Gasteiger partial charge in [0.25, 0.3) is 5.91 Å².